The van der Waals surface area contributed by atoms with E-state index in [0.717, 1.165) is 16.7 Å². The number of benzene rings is 3. The fraction of sp³-hybridized carbons (Fsp3) is 0.233. The molecule has 194 valence electrons. The summed E-state index contributed by atoms with van der Waals surface area (Å²) in [7, 11) is 1.62. The fourth-order valence-corrected chi connectivity index (χ4v) is 4.13. The van der Waals surface area contributed by atoms with Crippen molar-refractivity contribution in [1.82, 2.24) is 19.5 Å². The average molecular weight is 511 g/mol. The fourth-order valence-electron chi connectivity index (χ4n) is 4.13. The molecule has 0 saturated carbocycles. The van der Waals surface area contributed by atoms with E-state index in [1.165, 1.54) is 6.33 Å². The minimum atomic E-state index is -0.752. The van der Waals surface area contributed by atoms with Crippen molar-refractivity contribution in [3.8, 4) is 11.5 Å². The molecule has 8 nitrogen and oxygen atoms in total. The van der Waals surface area contributed by atoms with Gasteiger partial charge in [-0.1, -0.05) is 66.7 Å². The molecule has 1 N–H and O–H groups in total. The van der Waals surface area contributed by atoms with E-state index in [1.54, 1.807) is 7.11 Å². The van der Waals surface area contributed by atoms with Gasteiger partial charge >= 0.3 is 0 Å². The van der Waals surface area contributed by atoms with Gasteiger partial charge in [-0.3, -0.25) is 4.79 Å². The van der Waals surface area contributed by atoms with Gasteiger partial charge in [0.25, 0.3) is 5.56 Å². The molecule has 0 spiro atoms. The van der Waals surface area contributed by atoms with Crippen LogP contribution in [0.1, 0.15) is 36.4 Å². The molecule has 0 aliphatic heterocycles. The Balaban J connectivity index is 1.40. The van der Waals surface area contributed by atoms with E-state index in [2.05, 4.69) is 9.97 Å². The van der Waals surface area contributed by atoms with Gasteiger partial charge in [0.1, 0.15) is 24.4 Å². The standard InChI is InChI=1S/C30H30N4O4/c1-30(2,38-19-22-12-8-5-9-13-22)29-32-26-27(33-29)34(20-31-28(26)35)17-23-14-15-24(36-3)25(16-23)37-18-21-10-6-4-7-11-21/h4-16,20H,17-19H2,1-3H3,(H,32,33). The summed E-state index contributed by atoms with van der Waals surface area (Å²) >= 11 is 0. The zero-order valence-corrected chi connectivity index (χ0v) is 21.7. The second-order valence-electron chi connectivity index (χ2n) is 9.51. The first-order valence-electron chi connectivity index (χ1n) is 12.4. The summed E-state index contributed by atoms with van der Waals surface area (Å²) in [6, 6.07) is 25.7. The van der Waals surface area contributed by atoms with E-state index in [9.17, 15) is 4.79 Å². The van der Waals surface area contributed by atoms with Crippen molar-refractivity contribution in [2.24, 2.45) is 0 Å². The molecular weight excluding hydrogens is 480 g/mol. The number of nitrogens with one attached hydrogen (secondary N) is 1. The molecule has 0 atom stereocenters. The van der Waals surface area contributed by atoms with Crippen molar-refractivity contribution in [2.45, 2.75) is 39.2 Å². The van der Waals surface area contributed by atoms with E-state index < -0.39 is 5.60 Å². The van der Waals surface area contributed by atoms with E-state index in [0.29, 0.717) is 48.2 Å². The van der Waals surface area contributed by atoms with Gasteiger partial charge in [0.15, 0.2) is 22.7 Å². The molecule has 3 aromatic carbocycles. The van der Waals surface area contributed by atoms with Crippen LogP contribution >= 0.6 is 0 Å². The van der Waals surface area contributed by atoms with Crippen LogP contribution in [-0.2, 0) is 30.1 Å². The Bertz CT molecular complexity index is 1580. The highest BCUT2D eigenvalue weighted by molar-refractivity contribution is 5.70. The van der Waals surface area contributed by atoms with Crippen LogP contribution in [0, 0.1) is 0 Å². The zero-order valence-electron chi connectivity index (χ0n) is 21.7. The predicted octanol–water partition coefficient (Wildman–Crippen LogP) is 5.21. The van der Waals surface area contributed by atoms with Gasteiger partial charge in [-0.25, -0.2) is 4.98 Å². The first-order chi connectivity index (χ1) is 18.4. The van der Waals surface area contributed by atoms with Gasteiger partial charge in [-0.05, 0) is 42.7 Å². The first-order valence-corrected chi connectivity index (χ1v) is 12.4. The number of aromatic nitrogens is 4. The third-order valence-corrected chi connectivity index (χ3v) is 6.32. The van der Waals surface area contributed by atoms with Crippen LogP contribution in [0.25, 0.3) is 11.2 Å². The van der Waals surface area contributed by atoms with Gasteiger partial charge in [0.05, 0.1) is 20.3 Å². The molecule has 0 radical (unpaired) electrons. The van der Waals surface area contributed by atoms with Crippen molar-refractivity contribution in [2.75, 3.05) is 7.11 Å². The lowest BCUT2D eigenvalue weighted by atomic mass is 10.1. The number of fused-ring (bicyclic) bond motifs is 1. The lowest BCUT2D eigenvalue weighted by molar-refractivity contribution is -0.0393. The molecule has 2 aromatic heterocycles. The third kappa shape index (κ3) is 5.60. The molecule has 2 heterocycles. The normalized spacial score (nSPS) is 11.6. The maximum Gasteiger partial charge on any atom is 0.298 e. The molecule has 0 unspecified atom stereocenters. The largest absolute Gasteiger partial charge is 0.493 e. The monoisotopic (exact) mass is 510 g/mol. The average Bonchev–Trinajstić information content (AvgIpc) is 3.42. The summed E-state index contributed by atoms with van der Waals surface area (Å²) in [5.74, 6) is 1.84. The number of rotatable bonds is 10. The minimum Gasteiger partial charge on any atom is -0.493 e. The lowest BCUT2D eigenvalue weighted by Crippen LogP contribution is -2.23. The zero-order chi connectivity index (χ0) is 26.5. The second-order valence-corrected chi connectivity index (χ2v) is 9.51. The van der Waals surface area contributed by atoms with Gasteiger partial charge in [-0.15, -0.1) is 0 Å². The third-order valence-electron chi connectivity index (χ3n) is 6.32. The summed E-state index contributed by atoms with van der Waals surface area (Å²) in [6.07, 6.45) is 1.52. The highest BCUT2D eigenvalue weighted by Gasteiger charge is 2.27. The Kier molecular flexibility index (Phi) is 7.24. The summed E-state index contributed by atoms with van der Waals surface area (Å²) in [5, 5.41) is 0. The Morgan fingerprint density at radius 2 is 1.55 bits per heavy atom. The van der Waals surface area contributed by atoms with Gasteiger partial charge in [0.2, 0.25) is 0 Å². The number of ether oxygens (including phenoxy) is 3. The maximum absolute atomic E-state index is 12.6. The second kappa shape index (κ2) is 10.9. The number of hydrogen-bond acceptors (Lipinski definition) is 6. The molecule has 0 aliphatic rings. The molecule has 0 bridgehead atoms. The van der Waals surface area contributed by atoms with Crippen LogP contribution in [0.15, 0.2) is 90.0 Å². The molecule has 38 heavy (non-hydrogen) atoms. The van der Waals surface area contributed by atoms with Gasteiger partial charge in [0, 0.05) is 0 Å². The molecule has 0 saturated heterocycles. The molecule has 8 heteroatoms. The van der Waals surface area contributed by atoms with Crippen molar-refractivity contribution >= 4 is 11.2 Å². The van der Waals surface area contributed by atoms with Crippen LogP contribution in [0.3, 0.4) is 0 Å². The Hall–Kier alpha value is -4.43. The van der Waals surface area contributed by atoms with Crippen LogP contribution in [0.2, 0.25) is 0 Å². The highest BCUT2D eigenvalue weighted by Crippen LogP contribution is 2.30. The smallest absolute Gasteiger partial charge is 0.298 e. The summed E-state index contributed by atoms with van der Waals surface area (Å²) in [5.41, 5.74) is 2.81. The van der Waals surface area contributed by atoms with E-state index in [4.69, 9.17) is 19.2 Å². The van der Waals surface area contributed by atoms with Crippen molar-refractivity contribution in [1.29, 1.82) is 0 Å². The number of aromatic amines is 1. The Labute approximate surface area is 220 Å². The van der Waals surface area contributed by atoms with Gasteiger partial charge < -0.3 is 23.8 Å². The Morgan fingerprint density at radius 3 is 2.24 bits per heavy atom. The number of nitrogens with zero attached hydrogens (tertiary/aromatic N) is 3. The summed E-state index contributed by atoms with van der Waals surface area (Å²) in [4.78, 5) is 24.6. The van der Waals surface area contributed by atoms with Crippen LogP contribution in [0.5, 0.6) is 11.5 Å². The molecule has 0 amide bonds. The summed E-state index contributed by atoms with van der Waals surface area (Å²) < 4.78 is 19.6. The van der Waals surface area contributed by atoms with Crippen LogP contribution < -0.4 is 15.0 Å². The summed E-state index contributed by atoms with van der Waals surface area (Å²) in [6.45, 7) is 5.13. The number of H-pyrrole nitrogens is 1. The van der Waals surface area contributed by atoms with Crippen molar-refractivity contribution in [3.05, 3.63) is 118 Å². The van der Waals surface area contributed by atoms with E-state index >= 15 is 0 Å². The highest BCUT2D eigenvalue weighted by atomic mass is 16.5. The van der Waals surface area contributed by atoms with Crippen LogP contribution in [-0.4, -0.2) is 26.6 Å². The van der Waals surface area contributed by atoms with Crippen molar-refractivity contribution < 1.29 is 14.2 Å². The quantitative estimate of drug-likeness (QED) is 0.277. The maximum atomic E-state index is 12.6. The molecule has 0 fully saturated rings. The number of methoxy groups -OCH3 is 1. The van der Waals surface area contributed by atoms with Crippen molar-refractivity contribution in [3.63, 3.8) is 0 Å². The minimum absolute atomic E-state index is 0.341. The molecule has 0 aliphatic carbocycles. The van der Waals surface area contributed by atoms with Gasteiger partial charge in [-0.2, -0.15) is 4.98 Å². The molecular formula is C30H30N4O4. The SMILES string of the molecule is COc1ccc(Cn2cnc(=O)c3[nH]c(C(C)(C)OCc4ccccc4)nc32)cc1OCc1ccccc1. The van der Waals surface area contributed by atoms with Crippen LogP contribution in [0.4, 0.5) is 0 Å². The number of imidazole rings is 1. The van der Waals surface area contributed by atoms with E-state index in [-0.39, 0.29) is 5.56 Å². The first kappa shape index (κ1) is 25.2. The Morgan fingerprint density at radius 1 is 0.868 bits per heavy atom. The molecule has 5 aromatic rings. The lowest BCUT2D eigenvalue weighted by Gasteiger charge is -2.23. The van der Waals surface area contributed by atoms with E-state index in [1.807, 2.05) is 97.3 Å². The predicted molar refractivity (Wildman–Crippen MR) is 145 cm³/mol. The molecule has 5 rings (SSSR count). The number of hydrogen-bond donors (Lipinski definition) is 1. The topological polar surface area (TPSA) is 91.3 Å².